The zero-order chi connectivity index (χ0) is 12.5. The average Bonchev–Trinajstić information content (AvgIpc) is 2.45. The van der Waals surface area contributed by atoms with Crippen molar-refractivity contribution in [2.45, 2.75) is 0 Å². The predicted molar refractivity (Wildman–Crippen MR) is 73.4 cm³/mol. The first-order chi connectivity index (χ1) is 8.83. The summed E-state index contributed by atoms with van der Waals surface area (Å²) in [5.74, 6) is 1.35. The first kappa shape index (κ1) is 10.9. The van der Waals surface area contributed by atoms with Crippen LogP contribution in [0.2, 0.25) is 0 Å². The lowest BCUT2D eigenvalue weighted by atomic mass is 10.0. The summed E-state index contributed by atoms with van der Waals surface area (Å²) in [6, 6.07) is 17.7. The highest BCUT2D eigenvalue weighted by atomic mass is 16.5. The Labute approximate surface area is 106 Å². The Morgan fingerprint density at radius 2 is 1.72 bits per heavy atom. The Hall–Kier alpha value is -2.22. The van der Waals surface area contributed by atoms with E-state index >= 15 is 0 Å². The van der Waals surface area contributed by atoms with Crippen LogP contribution in [-0.4, -0.2) is 14.2 Å². The van der Waals surface area contributed by atoms with Crippen LogP contribution >= 0.6 is 0 Å². The fraction of sp³-hybridized carbons (Fsp3) is 0.125. The predicted octanol–water partition coefficient (Wildman–Crippen LogP) is 3.81. The van der Waals surface area contributed by atoms with Gasteiger partial charge in [0.1, 0.15) is 0 Å². The second-order valence-electron chi connectivity index (χ2n) is 4.12. The maximum absolute atomic E-state index is 5.34. The molecule has 3 rings (SSSR count). The van der Waals surface area contributed by atoms with E-state index in [9.17, 15) is 0 Å². The molecule has 0 aliphatic rings. The van der Waals surface area contributed by atoms with Gasteiger partial charge in [0.05, 0.1) is 14.2 Å². The Bertz CT molecular complexity index is 717. The molecule has 1 radical (unpaired) electrons. The molecule has 2 nitrogen and oxygen atoms in total. The maximum atomic E-state index is 5.34. The lowest BCUT2D eigenvalue weighted by molar-refractivity contribution is 0.355. The van der Waals surface area contributed by atoms with Gasteiger partial charge in [-0.3, -0.25) is 0 Å². The van der Waals surface area contributed by atoms with Gasteiger partial charge >= 0.3 is 0 Å². The zero-order valence-corrected chi connectivity index (χ0v) is 10.4. The lowest BCUT2D eigenvalue weighted by Gasteiger charge is -2.10. The molecule has 0 bridgehead atoms. The molecule has 0 aliphatic heterocycles. The largest absolute Gasteiger partial charge is 0.493 e. The Morgan fingerprint density at radius 3 is 2.50 bits per heavy atom. The number of hydrogen-bond acceptors (Lipinski definition) is 2. The van der Waals surface area contributed by atoms with E-state index in [1.807, 2.05) is 18.2 Å². The zero-order valence-electron chi connectivity index (χ0n) is 10.4. The smallest absolute Gasteiger partial charge is 0.169 e. The standard InChI is InChI=1S/C16H13O2/c1-17-15-9-12-8-7-11-5-3-4-6-13(11)14(12)10-16(15)18-2/h3-8,10H,1-2H3. The Morgan fingerprint density at radius 1 is 0.889 bits per heavy atom. The quantitative estimate of drug-likeness (QED) is 0.631. The van der Waals surface area contributed by atoms with Gasteiger partial charge in [-0.1, -0.05) is 36.4 Å². The summed E-state index contributed by atoms with van der Waals surface area (Å²) >= 11 is 0. The monoisotopic (exact) mass is 237 g/mol. The van der Waals surface area contributed by atoms with E-state index in [0.717, 1.165) is 10.8 Å². The third-order valence-electron chi connectivity index (χ3n) is 3.14. The number of ether oxygens (including phenoxy) is 2. The summed E-state index contributed by atoms with van der Waals surface area (Å²) in [7, 11) is 3.27. The van der Waals surface area contributed by atoms with Crippen molar-refractivity contribution in [1.29, 1.82) is 0 Å². The van der Waals surface area contributed by atoms with Crippen LogP contribution < -0.4 is 9.47 Å². The molecule has 0 atom stereocenters. The van der Waals surface area contributed by atoms with E-state index in [-0.39, 0.29) is 0 Å². The van der Waals surface area contributed by atoms with Gasteiger partial charge in [-0.05, 0) is 27.6 Å². The van der Waals surface area contributed by atoms with Crippen LogP contribution in [0.1, 0.15) is 0 Å². The SMILES string of the molecule is COc1[c]c2ccc3ccccc3c2cc1OC. The molecule has 3 aromatic rings. The maximum Gasteiger partial charge on any atom is 0.169 e. The van der Waals surface area contributed by atoms with Gasteiger partial charge < -0.3 is 9.47 Å². The summed E-state index contributed by atoms with van der Waals surface area (Å²) in [5, 5.41) is 4.58. The molecule has 0 heterocycles. The van der Waals surface area contributed by atoms with E-state index in [0.29, 0.717) is 11.5 Å². The molecule has 0 saturated carbocycles. The summed E-state index contributed by atoms with van der Waals surface area (Å²) in [6.45, 7) is 0. The average molecular weight is 237 g/mol. The van der Waals surface area contributed by atoms with Gasteiger partial charge in [0.2, 0.25) is 0 Å². The first-order valence-electron chi connectivity index (χ1n) is 5.79. The van der Waals surface area contributed by atoms with E-state index in [1.54, 1.807) is 14.2 Å². The van der Waals surface area contributed by atoms with Gasteiger partial charge in [-0.25, -0.2) is 0 Å². The molecule has 0 spiro atoms. The molecule has 0 aromatic heterocycles. The van der Waals surface area contributed by atoms with Gasteiger partial charge in [-0.2, -0.15) is 0 Å². The summed E-state index contributed by atoms with van der Waals surface area (Å²) in [6.07, 6.45) is 0. The fourth-order valence-electron chi connectivity index (χ4n) is 2.24. The third-order valence-corrected chi connectivity index (χ3v) is 3.14. The van der Waals surface area contributed by atoms with Crippen molar-refractivity contribution in [3.05, 3.63) is 48.5 Å². The van der Waals surface area contributed by atoms with Crippen LogP contribution in [0, 0.1) is 6.07 Å². The van der Waals surface area contributed by atoms with Crippen molar-refractivity contribution in [2.75, 3.05) is 14.2 Å². The molecule has 0 amide bonds. The molecular formula is C16H13O2. The highest BCUT2D eigenvalue weighted by Crippen LogP contribution is 2.34. The highest BCUT2D eigenvalue weighted by Gasteiger charge is 2.08. The molecule has 0 fully saturated rings. The molecule has 3 aromatic carbocycles. The normalized spacial score (nSPS) is 10.8. The number of benzene rings is 3. The first-order valence-corrected chi connectivity index (χ1v) is 5.79. The molecule has 0 aliphatic carbocycles. The molecule has 0 N–H and O–H groups in total. The van der Waals surface area contributed by atoms with Crippen molar-refractivity contribution in [3.63, 3.8) is 0 Å². The molecule has 18 heavy (non-hydrogen) atoms. The van der Waals surface area contributed by atoms with Crippen LogP contribution in [0.3, 0.4) is 0 Å². The summed E-state index contributed by atoms with van der Waals surface area (Å²) < 4.78 is 10.6. The van der Waals surface area contributed by atoms with Crippen LogP contribution in [0.4, 0.5) is 0 Å². The van der Waals surface area contributed by atoms with Gasteiger partial charge in [-0.15, -0.1) is 0 Å². The molecule has 0 saturated heterocycles. The van der Waals surface area contributed by atoms with E-state index in [4.69, 9.17) is 9.47 Å². The minimum absolute atomic E-state index is 0.639. The van der Waals surface area contributed by atoms with Crippen molar-refractivity contribution in [2.24, 2.45) is 0 Å². The van der Waals surface area contributed by atoms with Crippen LogP contribution in [0.5, 0.6) is 11.5 Å². The fourth-order valence-corrected chi connectivity index (χ4v) is 2.24. The van der Waals surface area contributed by atoms with Crippen LogP contribution in [0.25, 0.3) is 21.5 Å². The van der Waals surface area contributed by atoms with E-state index in [1.165, 1.54) is 10.8 Å². The van der Waals surface area contributed by atoms with Gasteiger partial charge in [0, 0.05) is 6.07 Å². The Balaban J connectivity index is 2.43. The van der Waals surface area contributed by atoms with Crippen molar-refractivity contribution in [1.82, 2.24) is 0 Å². The van der Waals surface area contributed by atoms with Crippen molar-refractivity contribution < 1.29 is 9.47 Å². The second kappa shape index (κ2) is 4.22. The van der Waals surface area contributed by atoms with Crippen LogP contribution in [-0.2, 0) is 0 Å². The van der Waals surface area contributed by atoms with Gasteiger partial charge in [0.15, 0.2) is 11.5 Å². The molecule has 2 heteroatoms. The van der Waals surface area contributed by atoms with E-state index < -0.39 is 0 Å². The molecule has 89 valence electrons. The van der Waals surface area contributed by atoms with Crippen molar-refractivity contribution >= 4 is 21.5 Å². The highest BCUT2D eigenvalue weighted by molar-refractivity contribution is 6.08. The lowest BCUT2D eigenvalue weighted by Crippen LogP contribution is -1.91. The molecule has 0 unspecified atom stereocenters. The molecular weight excluding hydrogens is 224 g/mol. The topological polar surface area (TPSA) is 18.5 Å². The number of rotatable bonds is 2. The van der Waals surface area contributed by atoms with Gasteiger partial charge in [0.25, 0.3) is 0 Å². The summed E-state index contributed by atoms with van der Waals surface area (Å²) in [5.41, 5.74) is 0. The summed E-state index contributed by atoms with van der Waals surface area (Å²) in [4.78, 5) is 0. The minimum Gasteiger partial charge on any atom is -0.493 e. The Kier molecular flexibility index (Phi) is 2.56. The van der Waals surface area contributed by atoms with Crippen LogP contribution in [0.15, 0.2) is 42.5 Å². The number of hydrogen-bond donors (Lipinski definition) is 0. The van der Waals surface area contributed by atoms with Crippen molar-refractivity contribution in [3.8, 4) is 11.5 Å². The third kappa shape index (κ3) is 1.58. The number of fused-ring (bicyclic) bond motifs is 3. The number of methoxy groups -OCH3 is 2. The second-order valence-corrected chi connectivity index (χ2v) is 4.12. The minimum atomic E-state index is 0.639. The van der Waals surface area contributed by atoms with E-state index in [2.05, 4.69) is 30.3 Å².